The molecule has 28 heavy (non-hydrogen) atoms. The van der Waals surface area contributed by atoms with Crippen LogP contribution in [0.4, 0.5) is 4.39 Å². The number of amides is 1. The summed E-state index contributed by atoms with van der Waals surface area (Å²) in [4.78, 5) is 20.4. The van der Waals surface area contributed by atoms with E-state index in [0.717, 1.165) is 50.5 Å². The van der Waals surface area contributed by atoms with Gasteiger partial charge in [0.1, 0.15) is 5.82 Å². The van der Waals surface area contributed by atoms with Crippen molar-refractivity contribution < 1.29 is 9.18 Å². The van der Waals surface area contributed by atoms with Gasteiger partial charge < -0.3 is 20.4 Å². The Labute approximate surface area is 185 Å². The van der Waals surface area contributed by atoms with Gasteiger partial charge in [0.05, 0.1) is 12.6 Å². The summed E-state index contributed by atoms with van der Waals surface area (Å²) in [7, 11) is 3.99. The fraction of sp³-hybridized carbons (Fsp3) is 0.600. The van der Waals surface area contributed by atoms with Gasteiger partial charge in [-0.05, 0) is 51.6 Å². The number of likely N-dealkylation sites (tertiary alicyclic amines) is 1. The van der Waals surface area contributed by atoms with Crippen LogP contribution in [0.2, 0.25) is 0 Å². The maximum absolute atomic E-state index is 13.2. The van der Waals surface area contributed by atoms with Crippen molar-refractivity contribution in [2.75, 3.05) is 46.8 Å². The van der Waals surface area contributed by atoms with E-state index in [2.05, 4.69) is 15.5 Å². The van der Waals surface area contributed by atoms with Crippen LogP contribution in [0.1, 0.15) is 37.8 Å². The molecule has 6 nitrogen and oxygen atoms in total. The zero-order valence-electron chi connectivity index (χ0n) is 17.1. The summed E-state index contributed by atoms with van der Waals surface area (Å²) in [6.07, 6.45) is 2.56. The van der Waals surface area contributed by atoms with Gasteiger partial charge in [-0.25, -0.2) is 4.39 Å². The zero-order chi connectivity index (χ0) is 19.6. The van der Waals surface area contributed by atoms with Crippen molar-refractivity contribution in [2.45, 2.75) is 32.2 Å². The highest BCUT2D eigenvalue weighted by Crippen LogP contribution is 2.19. The second-order valence-electron chi connectivity index (χ2n) is 7.02. The minimum atomic E-state index is -0.230. The summed E-state index contributed by atoms with van der Waals surface area (Å²) in [6, 6.07) is 6.66. The maximum atomic E-state index is 13.2. The van der Waals surface area contributed by atoms with Gasteiger partial charge in [-0.2, -0.15) is 0 Å². The summed E-state index contributed by atoms with van der Waals surface area (Å²) in [5.41, 5.74) is 1.04. The lowest BCUT2D eigenvalue weighted by Crippen LogP contribution is -2.39. The van der Waals surface area contributed by atoms with Crippen molar-refractivity contribution in [2.24, 2.45) is 4.99 Å². The molecule has 2 N–H and O–H groups in total. The zero-order valence-corrected chi connectivity index (χ0v) is 19.4. The van der Waals surface area contributed by atoms with E-state index in [1.54, 1.807) is 0 Å². The summed E-state index contributed by atoms with van der Waals surface area (Å²) < 4.78 is 13.2. The predicted molar refractivity (Wildman–Crippen MR) is 123 cm³/mol. The van der Waals surface area contributed by atoms with Crippen LogP contribution >= 0.6 is 24.0 Å². The fourth-order valence-corrected chi connectivity index (χ4v) is 3.19. The van der Waals surface area contributed by atoms with E-state index in [-0.39, 0.29) is 41.7 Å². The normalized spacial score (nSPS) is 15.5. The highest BCUT2D eigenvalue weighted by molar-refractivity contribution is 14.0. The molecule has 1 aromatic rings. The fourth-order valence-electron chi connectivity index (χ4n) is 3.19. The summed E-state index contributed by atoms with van der Waals surface area (Å²) >= 11 is 0. The Morgan fingerprint density at radius 3 is 2.57 bits per heavy atom. The third-order valence-corrected chi connectivity index (χ3v) is 4.71. The molecule has 8 heteroatoms. The van der Waals surface area contributed by atoms with Crippen molar-refractivity contribution >= 4 is 35.8 Å². The van der Waals surface area contributed by atoms with E-state index in [9.17, 15) is 9.18 Å². The summed E-state index contributed by atoms with van der Waals surface area (Å²) in [6.45, 7) is 5.82. The molecule has 1 fully saturated rings. The van der Waals surface area contributed by atoms with Crippen LogP contribution in [0.3, 0.4) is 0 Å². The molecule has 1 atom stereocenters. The first-order valence-electron chi connectivity index (χ1n) is 9.73. The number of benzene rings is 1. The van der Waals surface area contributed by atoms with Crippen molar-refractivity contribution in [1.29, 1.82) is 0 Å². The molecule has 1 aromatic carbocycles. The van der Waals surface area contributed by atoms with Gasteiger partial charge in [0.2, 0.25) is 5.91 Å². The van der Waals surface area contributed by atoms with E-state index in [1.165, 1.54) is 12.1 Å². The van der Waals surface area contributed by atoms with Crippen LogP contribution in [0.25, 0.3) is 0 Å². The van der Waals surface area contributed by atoms with E-state index in [4.69, 9.17) is 4.99 Å². The molecule has 2 rings (SSSR count). The molecule has 158 valence electrons. The molecule has 1 saturated heterocycles. The molecular weight excluding hydrogens is 472 g/mol. The molecule has 0 saturated carbocycles. The number of hydrogen-bond acceptors (Lipinski definition) is 3. The van der Waals surface area contributed by atoms with Crippen molar-refractivity contribution in [3.05, 3.63) is 35.6 Å². The van der Waals surface area contributed by atoms with Crippen LogP contribution < -0.4 is 10.6 Å². The molecule has 1 heterocycles. The van der Waals surface area contributed by atoms with Gasteiger partial charge in [-0.1, -0.05) is 12.1 Å². The average Bonchev–Trinajstić information content (AvgIpc) is 3.05. The summed E-state index contributed by atoms with van der Waals surface area (Å²) in [5, 5.41) is 6.59. The Morgan fingerprint density at radius 2 is 2.00 bits per heavy atom. The number of guanidine groups is 1. The summed E-state index contributed by atoms with van der Waals surface area (Å²) in [5.74, 6) is 0.800. The van der Waals surface area contributed by atoms with Gasteiger partial charge in [-0.3, -0.25) is 9.79 Å². The minimum absolute atomic E-state index is 0. The standard InChI is InChI=1S/C20H32FN5O.HI/c1-4-22-20(23-12-6-14-26-13-5-7-19(26)27)24-15-18(25(2)3)16-8-10-17(21)11-9-16;/h8-11,18H,4-7,12-15H2,1-3H3,(H2,22,23,24);1H. The molecule has 1 amide bonds. The Morgan fingerprint density at radius 1 is 1.29 bits per heavy atom. The van der Waals surface area contributed by atoms with Crippen molar-refractivity contribution in [3.8, 4) is 0 Å². The van der Waals surface area contributed by atoms with Gasteiger partial charge >= 0.3 is 0 Å². The predicted octanol–water partition coefficient (Wildman–Crippen LogP) is 2.61. The monoisotopic (exact) mass is 505 g/mol. The third kappa shape index (κ3) is 7.90. The smallest absolute Gasteiger partial charge is 0.222 e. The Hall–Kier alpha value is -1.42. The van der Waals surface area contributed by atoms with Crippen LogP contribution in [0.15, 0.2) is 29.3 Å². The second-order valence-corrected chi connectivity index (χ2v) is 7.02. The second kappa shape index (κ2) is 12.9. The first-order valence-corrected chi connectivity index (χ1v) is 9.73. The van der Waals surface area contributed by atoms with E-state index in [1.807, 2.05) is 38.1 Å². The number of aliphatic imine (C=N–C) groups is 1. The van der Waals surface area contributed by atoms with Crippen LogP contribution in [0.5, 0.6) is 0 Å². The van der Waals surface area contributed by atoms with E-state index >= 15 is 0 Å². The SMILES string of the molecule is CCNC(=NCC(c1ccc(F)cc1)N(C)C)NCCCN1CCCC1=O.I. The molecule has 1 aliphatic rings. The van der Waals surface area contributed by atoms with Gasteiger partial charge in [0.25, 0.3) is 0 Å². The first kappa shape index (κ1) is 24.6. The highest BCUT2D eigenvalue weighted by atomic mass is 127. The number of rotatable bonds is 9. The highest BCUT2D eigenvalue weighted by Gasteiger charge is 2.19. The number of likely N-dealkylation sites (N-methyl/N-ethyl adjacent to an activating group) is 1. The van der Waals surface area contributed by atoms with Gasteiger partial charge in [-0.15, -0.1) is 24.0 Å². The maximum Gasteiger partial charge on any atom is 0.222 e. The lowest BCUT2D eigenvalue weighted by molar-refractivity contribution is -0.127. The molecule has 0 aliphatic carbocycles. The Balaban J connectivity index is 0.00000392. The molecule has 0 aromatic heterocycles. The van der Waals surface area contributed by atoms with Crippen LogP contribution in [0, 0.1) is 5.82 Å². The molecule has 0 radical (unpaired) electrons. The number of nitrogens with one attached hydrogen (secondary N) is 2. The van der Waals surface area contributed by atoms with E-state index in [0.29, 0.717) is 13.0 Å². The third-order valence-electron chi connectivity index (χ3n) is 4.71. The molecule has 0 spiro atoms. The number of halogens is 2. The topological polar surface area (TPSA) is 60.0 Å². The number of hydrogen-bond donors (Lipinski definition) is 2. The lowest BCUT2D eigenvalue weighted by atomic mass is 10.1. The lowest BCUT2D eigenvalue weighted by Gasteiger charge is -2.24. The molecule has 0 bridgehead atoms. The largest absolute Gasteiger partial charge is 0.357 e. The number of carbonyl (C=O) groups is 1. The number of nitrogens with zero attached hydrogens (tertiary/aromatic N) is 3. The Kier molecular flexibility index (Phi) is 11.4. The van der Waals surface area contributed by atoms with Crippen LogP contribution in [-0.2, 0) is 4.79 Å². The van der Waals surface area contributed by atoms with Gasteiger partial charge in [0, 0.05) is 32.6 Å². The van der Waals surface area contributed by atoms with E-state index < -0.39 is 0 Å². The van der Waals surface area contributed by atoms with Crippen molar-refractivity contribution in [3.63, 3.8) is 0 Å². The number of carbonyl (C=O) groups excluding carboxylic acids is 1. The van der Waals surface area contributed by atoms with Crippen LogP contribution in [-0.4, -0.2) is 68.5 Å². The average molecular weight is 505 g/mol. The minimum Gasteiger partial charge on any atom is -0.357 e. The quantitative estimate of drug-likeness (QED) is 0.235. The molecule has 1 unspecified atom stereocenters. The Bertz CT molecular complexity index is 624. The first-order chi connectivity index (χ1) is 13.0. The van der Waals surface area contributed by atoms with Gasteiger partial charge in [0.15, 0.2) is 5.96 Å². The molecule has 1 aliphatic heterocycles. The van der Waals surface area contributed by atoms with Crippen molar-refractivity contribution in [1.82, 2.24) is 20.4 Å². The molecular formula is C20H33FIN5O.